The molecule has 0 spiro atoms. The minimum atomic E-state index is -3.32. The van der Waals surface area contributed by atoms with Gasteiger partial charge in [0.1, 0.15) is 48.6 Å². The van der Waals surface area contributed by atoms with Crippen molar-refractivity contribution >= 4 is 23.9 Å². The minimum absolute atomic E-state index is 0.129. The largest absolute Gasteiger partial charge is 0.493 e. The number of benzene rings is 4. The van der Waals surface area contributed by atoms with Crippen molar-refractivity contribution < 1.29 is 151 Å². The molecule has 0 amide bonds. The Labute approximate surface area is 796 Å². The van der Waals surface area contributed by atoms with Gasteiger partial charge in [0.05, 0.1) is 77.3 Å². The van der Waals surface area contributed by atoms with Crippen LogP contribution >= 0.6 is 0 Å². The monoisotopic (exact) mass is 1730 g/mol. The molecule has 0 aromatic heterocycles. The van der Waals surface area contributed by atoms with E-state index in [1.807, 2.05) is 0 Å². The fourth-order valence-corrected chi connectivity index (χ4v) is 14.2. The Hall–Kier alpha value is -7.16. The maximum atomic E-state index is 13.2. The highest BCUT2D eigenvalue weighted by molar-refractivity contribution is 5.77. The zero-order valence-corrected chi connectivity index (χ0v) is 70.8. The van der Waals surface area contributed by atoms with E-state index in [2.05, 4.69) is 0 Å². The van der Waals surface area contributed by atoms with Gasteiger partial charge in [-0.05, 0) is 191 Å². The predicted molar refractivity (Wildman–Crippen MR) is 471 cm³/mol. The molecule has 4 fully saturated rings. The summed E-state index contributed by atoms with van der Waals surface area (Å²) in [4.78, 5) is 55.6. The molecule has 24 nitrogen and oxygen atoms in total. The van der Waals surface area contributed by atoms with Crippen LogP contribution in [0.2, 0.25) is 0 Å². The van der Waals surface area contributed by atoms with Gasteiger partial charge in [-0.2, -0.15) is 0 Å². The summed E-state index contributed by atoms with van der Waals surface area (Å²) in [6.45, 7) is -12.0. The molecule has 12 rings (SSSR count). The molecule has 8 aliphatic rings. The quantitative estimate of drug-likeness (QED) is 0.0303. The smallest absolute Gasteiger partial charge is 0.323 e. The first-order valence-corrected chi connectivity index (χ1v) is 39.1. The van der Waals surface area contributed by atoms with Gasteiger partial charge in [0.15, 0.2) is 46.0 Å². The Morgan fingerprint density at radius 1 is 0.392 bits per heavy atom. The number of hydrogen-bond acceptors (Lipinski definition) is 24. The first-order chi connectivity index (χ1) is 78.3. The van der Waals surface area contributed by atoms with E-state index in [-0.39, 0.29) is 51.5 Å². The van der Waals surface area contributed by atoms with E-state index in [0.717, 1.165) is 62.7 Å². The highest BCUT2D eigenvalue weighted by Gasteiger charge is 2.47. The Morgan fingerprint density at radius 2 is 0.658 bits per heavy atom. The maximum Gasteiger partial charge on any atom is 0.323 e. The number of fused-ring (bicyclic) bond motifs is 12. The fourth-order valence-electron chi connectivity index (χ4n) is 14.2. The highest BCUT2D eigenvalue weighted by atomic mass is 16.6. The van der Waals surface area contributed by atoms with Gasteiger partial charge in [0, 0.05) is 180 Å². The zero-order chi connectivity index (χ0) is 136. The normalized spacial score (nSPS) is 39.3. The van der Waals surface area contributed by atoms with Crippen molar-refractivity contribution in [2.45, 2.75) is 260 Å². The molecule has 8 N–H and O–H groups in total. The lowest BCUT2D eigenvalue weighted by Crippen LogP contribution is -2.51. The van der Waals surface area contributed by atoms with E-state index in [1.54, 1.807) is 55.4 Å². The van der Waals surface area contributed by atoms with Gasteiger partial charge < -0.3 is 79.8 Å². The first kappa shape index (κ1) is 45.6. The van der Waals surface area contributed by atoms with Crippen molar-refractivity contribution in [3.8, 4) is 46.0 Å². The van der Waals surface area contributed by atoms with Crippen LogP contribution in [0.4, 0.5) is 0 Å². The van der Waals surface area contributed by atoms with Gasteiger partial charge in [0.2, 0.25) is 0 Å². The number of piperidine rings is 4. The average molecular weight is 1730 g/mol. The van der Waals surface area contributed by atoms with E-state index in [4.69, 9.17) is 152 Å². The SMILES string of the molecule is [2H]c1c(OC([2H])([2H])[2H])c(OC)cc2c1C([2H])([2H])C([2H])([2H])N1CC(C([2H])([2H])C([2H])(C)C([2H])([2H])[2H])C([2H])(OC(=O)[C@@H](N)C(C)C)CC21[2H].[2H]c1c(OC)c(OC([2H])([2H])[2H])c([2H])c2c1C1CC(OC(=O)[C@@H](N)C(C)C)C(C([2H])([2H])C([2H])(C)C([2H])([2H])[2H])CN1C([2H])([2H])C2([2H])[2H].[2H]c1c(OC)c(OC)c([2H])c2c1C1CC(OC(=O)[C@@H](N)C(C)C)C(C([2H])([2H])C([2H])(C)C([2H])([2H])[2H])CN1C([2H])([2H])C2([2H])[2H].[2H]c1c(OC)c(OC)c([2H])c2c1C1CC(OC(=O)[C@@H](N)C(C)C)C(C([2H])([2H])C([2H])(C)C([2H])([2H])[2H])CN1C([2H])([2H])C2([2H])[2H]. The molecule has 0 bridgehead atoms. The third-order valence-corrected chi connectivity index (χ3v) is 21.0. The second-order valence-electron chi connectivity index (χ2n) is 31.0. The molecule has 4 aromatic rings. The van der Waals surface area contributed by atoms with E-state index >= 15 is 0 Å². The molecule has 20 atom stereocenters. The Kier molecular flexibility index (Phi) is 16.7. The molecular weight excluding hydrogens is 1520 g/mol. The number of carbonyl (C=O) groups is 4. The molecule has 16 unspecified atom stereocenters. The highest BCUT2D eigenvalue weighted by Crippen LogP contribution is 2.50. The molecule has 4 saturated heterocycles. The molecular formula is C96H152N8O16. The van der Waals surface area contributed by atoms with Crippen LogP contribution in [0.1, 0.15) is 306 Å². The van der Waals surface area contributed by atoms with Crippen LogP contribution in [0.15, 0.2) is 48.4 Å². The summed E-state index contributed by atoms with van der Waals surface area (Å²) in [5, 5.41) is 0. The number of nitrogens with two attached hydrogens (primary N) is 4. The Bertz CT molecular complexity index is 6480. The van der Waals surface area contributed by atoms with Crippen molar-refractivity contribution in [2.75, 3.05) is 109 Å². The standard InChI is InChI=1S/4C24H38N2O4/c4*1-14(2)9-17-13-26-8-7-16-10-21(28-5)22(29-6)11-18(16)19(26)12-20(17)30-24(27)23(25)15(3)4/h4*10-11,14-15,17,19-20,23H,7-9,12-13,25H2,1-6H3/t4*17?,19?,20?,23-/m0000/s1/i1D3,5D3,7D2,8D2,9D2,10D,14D,19D,20D;1D3,5D3,7D2,8D2,9D2,10D,11D,14D;2*1D3,7D2,8D2,9D2,10D,11D,14D/t4*14?,17?,19?,20?,23-. The third-order valence-electron chi connectivity index (χ3n) is 21.0. The van der Waals surface area contributed by atoms with Crippen molar-refractivity contribution in [1.82, 2.24) is 19.6 Å². The molecule has 24 heteroatoms. The first-order valence-electron chi connectivity index (χ1n) is 66.6. The molecule has 0 saturated carbocycles. The van der Waals surface area contributed by atoms with Gasteiger partial charge >= 0.3 is 23.9 Å². The minimum Gasteiger partial charge on any atom is -0.493 e. The van der Waals surface area contributed by atoms with Crippen LogP contribution in [0.5, 0.6) is 46.0 Å². The Morgan fingerprint density at radius 3 is 0.958 bits per heavy atom. The summed E-state index contributed by atoms with van der Waals surface area (Å²) in [6, 6.07) is -14.8. The number of esters is 4. The molecule has 4 aromatic carbocycles. The number of hydrogen-bond donors (Lipinski definition) is 4. The number of nitrogens with zero attached hydrogens (tertiary/aromatic N) is 4. The lowest BCUT2D eigenvalue weighted by Gasteiger charge is -2.47. The van der Waals surface area contributed by atoms with Gasteiger partial charge in [0.25, 0.3) is 0 Å². The molecule has 0 aliphatic carbocycles. The maximum absolute atomic E-state index is 13.2. The summed E-state index contributed by atoms with van der Waals surface area (Å²) < 4.78 is 530. The van der Waals surface area contributed by atoms with Crippen molar-refractivity contribution in [3.63, 3.8) is 0 Å². The topological polar surface area (TPSA) is 296 Å². The Balaban J connectivity index is 0.000000255. The molecule has 120 heavy (non-hydrogen) atoms. The van der Waals surface area contributed by atoms with Crippen LogP contribution in [-0.4, -0.2) is 201 Å². The van der Waals surface area contributed by atoms with E-state index in [9.17, 15) is 21.9 Å². The van der Waals surface area contributed by atoms with Gasteiger partial charge in [-0.15, -0.1) is 0 Å². The van der Waals surface area contributed by atoms with Gasteiger partial charge in [-0.3, -0.25) is 38.8 Å². The van der Waals surface area contributed by atoms with E-state index < -0.39 is 419 Å². The third kappa shape index (κ3) is 23.8. The second-order valence-corrected chi connectivity index (χ2v) is 31.0. The summed E-state index contributed by atoms with van der Waals surface area (Å²) in [7, 11) is 0.671. The molecule has 8 aliphatic heterocycles. The van der Waals surface area contributed by atoms with Crippen LogP contribution in [0.3, 0.4) is 0 Å². The number of carbonyl (C=O) groups excluding carboxylic acids is 4. The van der Waals surface area contributed by atoms with Gasteiger partial charge in [-0.25, -0.2) is 0 Å². The summed E-state index contributed by atoms with van der Waals surface area (Å²) in [5.41, 5.74) is 20.4. The van der Waals surface area contributed by atoms with Crippen molar-refractivity contribution in [1.29, 1.82) is 0 Å². The second kappa shape index (κ2) is 43.9. The van der Waals surface area contributed by atoms with Crippen molar-refractivity contribution in [3.05, 3.63) is 92.9 Å². The van der Waals surface area contributed by atoms with E-state index in [0.29, 0.717) is 4.90 Å². The summed E-state index contributed by atoms with van der Waals surface area (Å²) in [6.07, 6.45) is -34.3. The van der Waals surface area contributed by atoms with Crippen LogP contribution in [0.25, 0.3) is 0 Å². The van der Waals surface area contributed by atoms with E-state index in [1.165, 1.54) is 28.4 Å². The molecule has 8 heterocycles. The molecule has 0 radical (unpaired) electrons. The van der Waals surface area contributed by atoms with Crippen LogP contribution in [0, 0.1) is 70.9 Å². The lowest BCUT2D eigenvalue weighted by atomic mass is 9.79. The summed E-state index contributed by atoms with van der Waals surface area (Å²) >= 11 is 0. The average Bonchev–Trinajstić information content (AvgIpc) is 0.667. The summed E-state index contributed by atoms with van der Waals surface area (Å²) in [5.74, 6) is -27.8. The lowest BCUT2D eigenvalue weighted by molar-refractivity contribution is -0.161. The fraction of sp³-hybridized carbons (Fsp3) is 0.708. The number of ether oxygens (including phenoxy) is 12. The number of rotatable bonds is 28. The molecule has 672 valence electrons. The van der Waals surface area contributed by atoms with Crippen LogP contribution in [-0.2, 0) is 63.6 Å². The number of methoxy groups -OCH3 is 8. The van der Waals surface area contributed by atoms with Gasteiger partial charge in [-0.1, -0.05) is 110 Å². The zero-order valence-electron chi connectivity index (χ0n) is 126. The van der Waals surface area contributed by atoms with Crippen LogP contribution < -0.4 is 60.8 Å². The predicted octanol–water partition coefficient (Wildman–Crippen LogP) is 14.3. The van der Waals surface area contributed by atoms with Crippen molar-refractivity contribution in [2.24, 2.45) is 93.9 Å².